The first-order chi connectivity index (χ1) is 38.6. The normalized spacial score (nSPS) is 27.2. The standard InChI is InChI=1S/C59H77N11O8S2/c1-36-49(45-14-17-60-35-62-45)50(36)55(71)64-52-54(68-18-6-7-19-68)56-63-47(33-79-56)38-10-13-48-42(29-38)44(31-59(3,4)34-78-58(73)46-9-8-20-70(65-46)57(52)72)53(69(48)25-26-77-41-15-27-80(74,75)28-16-41)43-30-40(32-61-51(43)37(2)76-5)67-23-21-66(22-24-67)39-11-12-39/h10,13-14,17,29-30,32-33,35-37,39,41,46,49-50,52,54,65H,6-9,11-12,15-16,18-28,31,34H2,1-5H3,(H,64,71)/t36-,37-,46-,49-,50+,52-,54-/m0/s1. The minimum atomic E-state index is -3.08. The van der Waals surface area contributed by atoms with E-state index >= 15 is 4.79 Å². The minimum Gasteiger partial charge on any atom is -0.464 e. The number of piperazine rings is 1. The van der Waals surface area contributed by atoms with E-state index in [1.54, 1.807) is 13.3 Å². The van der Waals surface area contributed by atoms with E-state index in [0.29, 0.717) is 57.8 Å². The molecule has 0 spiro atoms. The van der Waals surface area contributed by atoms with E-state index in [0.717, 1.165) is 113 Å². The number of thiazole rings is 1. The highest BCUT2D eigenvalue weighted by Gasteiger charge is 2.55. The van der Waals surface area contributed by atoms with Gasteiger partial charge in [-0.15, -0.1) is 11.3 Å². The molecule has 7 aliphatic rings. The summed E-state index contributed by atoms with van der Waals surface area (Å²) in [5.41, 5.74) is 11.0. The molecule has 0 unspecified atom stereocenters. The van der Waals surface area contributed by atoms with Crippen molar-refractivity contribution in [1.82, 2.24) is 50.1 Å². The van der Waals surface area contributed by atoms with Crippen LogP contribution in [0.5, 0.6) is 0 Å². The lowest BCUT2D eigenvalue weighted by molar-refractivity contribution is -0.156. The topological polar surface area (TPSA) is 207 Å². The van der Waals surface area contributed by atoms with Gasteiger partial charge in [0.1, 0.15) is 23.4 Å². The Morgan fingerprint density at radius 3 is 2.49 bits per heavy atom. The first-order valence-electron chi connectivity index (χ1n) is 29.1. The van der Waals surface area contributed by atoms with E-state index in [-0.39, 0.29) is 59.9 Å². The maximum Gasteiger partial charge on any atom is 0.324 e. The number of benzene rings is 1. The lowest BCUT2D eigenvalue weighted by Gasteiger charge is -2.39. The molecule has 21 heteroatoms. The highest BCUT2D eigenvalue weighted by atomic mass is 32.2. The van der Waals surface area contributed by atoms with Gasteiger partial charge in [0.15, 0.2) is 9.84 Å². The number of nitrogens with one attached hydrogen (secondary N) is 2. The van der Waals surface area contributed by atoms with Crippen molar-refractivity contribution in [2.24, 2.45) is 17.3 Å². The Bertz CT molecular complexity index is 3190. The van der Waals surface area contributed by atoms with Crippen molar-refractivity contribution in [2.75, 3.05) is 82.5 Å². The number of carbonyl (C=O) groups excluding carboxylic acids is 3. The summed E-state index contributed by atoms with van der Waals surface area (Å²) in [6.45, 7) is 14.9. The molecule has 19 nitrogen and oxygen atoms in total. The summed E-state index contributed by atoms with van der Waals surface area (Å²) in [6.07, 6.45) is 11.6. The molecule has 9 heterocycles. The zero-order valence-electron chi connectivity index (χ0n) is 46.8. The fourth-order valence-electron chi connectivity index (χ4n) is 13.3. The average Bonchev–Trinajstić information content (AvgIpc) is 4.20. The van der Waals surface area contributed by atoms with Gasteiger partial charge >= 0.3 is 5.97 Å². The lowest BCUT2D eigenvalue weighted by atomic mass is 9.84. The van der Waals surface area contributed by atoms with Crippen LogP contribution in [-0.4, -0.2) is 167 Å². The van der Waals surface area contributed by atoms with Crippen molar-refractivity contribution in [2.45, 2.75) is 134 Å². The zero-order valence-corrected chi connectivity index (χ0v) is 48.5. The molecule has 6 fully saturated rings. The maximum absolute atomic E-state index is 15.3. The number of ether oxygens (including phenoxy) is 3. The number of pyridine rings is 1. The van der Waals surface area contributed by atoms with Crippen molar-refractivity contribution in [3.05, 3.63) is 76.4 Å². The van der Waals surface area contributed by atoms with Gasteiger partial charge in [0.2, 0.25) is 5.91 Å². The number of carbonyl (C=O) groups is 3. The number of hydrogen-bond acceptors (Lipinski definition) is 17. The predicted octanol–water partition coefficient (Wildman–Crippen LogP) is 6.49. The van der Waals surface area contributed by atoms with Crippen LogP contribution in [0.4, 0.5) is 5.69 Å². The summed E-state index contributed by atoms with van der Waals surface area (Å²) in [7, 11) is -1.36. The number of likely N-dealkylation sites (tertiary alicyclic amines) is 1. The van der Waals surface area contributed by atoms with E-state index in [9.17, 15) is 18.0 Å². The Hall–Kier alpha value is -5.42. The third-order valence-electron chi connectivity index (χ3n) is 18.1. The number of cyclic esters (lactones) is 1. The quantitative estimate of drug-likeness (QED) is 0.121. The van der Waals surface area contributed by atoms with Gasteiger partial charge in [0, 0.05) is 109 Å². The van der Waals surface area contributed by atoms with Crippen LogP contribution in [0.25, 0.3) is 33.4 Å². The number of aromatic nitrogens is 5. The number of amides is 2. The number of fused-ring (bicyclic) bond motifs is 6. The number of nitrogens with zero attached hydrogens (tertiary/aromatic N) is 9. The fraction of sp³-hybridized carbons (Fsp3) is 0.610. The molecule has 2 saturated carbocycles. The molecule has 4 aromatic heterocycles. The second-order valence-electron chi connectivity index (χ2n) is 24.2. The SMILES string of the molecule is CO[C@@H](C)c1ncc(N2CCN(C3CC3)CC2)cc1-c1c2c3cc(ccc3n1CCOC1CCS(=O)(=O)CC1)-c1csc(n1)[C@@H](N1CCCC1)[C@H](NC(=O)[C@@H]1[C@@H](C)[C@H]1c1ccncn1)C(=O)N1CCC[C@H](N1)C(=O)OCC(C)(C)C2. The molecular weight excluding hydrogens is 1050 g/mol. The summed E-state index contributed by atoms with van der Waals surface area (Å²) in [5, 5.41) is 8.64. The van der Waals surface area contributed by atoms with E-state index in [4.69, 9.17) is 24.2 Å². The first-order valence-corrected chi connectivity index (χ1v) is 31.8. The number of sulfone groups is 1. The van der Waals surface area contributed by atoms with Crippen molar-refractivity contribution in [1.29, 1.82) is 0 Å². The first kappa shape index (κ1) is 55.1. The van der Waals surface area contributed by atoms with E-state index in [2.05, 4.69) is 83.5 Å². The van der Waals surface area contributed by atoms with Crippen LogP contribution in [0.1, 0.15) is 119 Å². The van der Waals surface area contributed by atoms with Crippen molar-refractivity contribution in [3.63, 3.8) is 0 Å². The summed E-state index contributed by atoms with van der Waals surface area (Å²) >= 11 is 1.50. The molecule has 7 atom stereocenters. The van der Waals surface area contributed by atoms with Gasteiger partial charge in [-0.3, -0.25) is 34.2 Å². The number of rotatable bonds is 13. The van der Waals surface area contributed by atoms with Crippen LogP contribution in [0.2, 0.25) is 0 Å². The number of esters is 1. The maximum atomic E-state index is 15.3. The molecule has 5 aliphatic heterocycles. The van der Waals surface area contributed by atoms with Crippen molar-refractivity contribution >= 4 is 55.5 Å². The Balaban J connectivity index is 0.986. The van der Waals surface area contributed by atoms with Crippen LogP contribution >= 0.6 is 11.3 Å². The molecule has 2 N–H and O–H groups in total. The van der Waals surface area contributed by atoms with Crippen LogP contribution in [0, 0.1) is 17.3 Å². The predicted molar refractivity (Wildman–Crippen MR) is 305 cm³/mol. The van der Waals surface area contributed by atoms with E-state index in [1.165, 1.54) is 35.5 Å². The van der Waals surface area contributed by atoms with E-state index in [1.807, 2.05) is 26.1 Å². The highest BCUT2D eigenvalue weighted by Crippen LogP contribution is 2.53. The minimum absolute atomic E-state index is 0.0103. The molecule has 2 amide bonds. The Labute approximate surface area is 473 Å². The average molecular weight is 1130 g/mol. The van der Waals surface area contributed by atoms with Crippen LogP contribution in [0.15, 0.2) is 54.4 Å². The van der Waals surface area contributed by atoms with Crippen LogP contribution in [-0.2, 0) is 51.4 Å². The molecule has 5 aromatic rings. The number of hydrazine groups is 1. The van der Waals surface area contributed by atoms with Gasteiger partial charge in [0.05, 0.1) is 71.9 Å². The third-order valence-corrected chi connectivity index (χ3v) is 20.7. The second kappa shape index (κ2) is 22.7. The zero-order chi connectivity index (χ0) is 55.5. The van der Waals surface area contributed by atoms with Gasteiger partial charge in [-0.05, 0) is 114 Å². The van der Waals surface area contributed by atoms with Gasteiger partial charge in [-0.1, -0.05) is 26.8 Å². The number of anilines is 1. The molecule has 6 bridgehead atoms. The molecular formula is C59H77N11O8S2. The van der Waals surface area contributed by atoms with Crippen molar-refractivity contribution < 1.29 is 37.0 Å². The van der Waals surface area contributed by atoms with Gasteiger partial charge in [0.25, 0.3) is 5.91 Å². The smallest absolute Gasteiger partial charge is 0.324 e. The molecule has 4 saturated heterocycles. The molecule has 428 valence electrons. The summed E-state index contributed by atoms with van der Waals surface area (Å²) in [4.78, 5) is 71.1. The Kier molecular flexibility index (Phi) is 15.7. The summed E-state index contributed by atoms with van der Waals surface area (Å²) in [5.74, 6) is -1.22. The van der Waals surface area contributed by atoms with E-state index < -0.39 is 39.3 Å². The molecule has 2 aliphatic carbocycles. The lowest BCUT2D eigenvalue weighted by Crippen LogP contribution is -2.62. The number of methoxy groups -OCH3 is 1. The Morgan fingerprint density at radius 1 is 0.963 bits per heavy atom. The monoisotopic (exact) mass is 1130 g/mol. The fourth-order valence-corrected chi connectivity index (χ4v) is 15.7. The molecule has 12 rings (SSSR count). The highest BCUT2D eigenvalue weighted by molar-refractivity contribution is 7.91. The largest absolute Gasteiger partial charge is 0.464 e. The van der Waals surface area contributed by atoms with Gasteiger partial charge in [-0.2, -0.15) is 0 Å². The molecule has 0 radical (unpaired) electrons. The van der Waals surface area contributed by atoms with Gasteiger partial charge < -0.3 is 29.0 Å². The molecule has 80 heavy (non-hydrogen) atoms. The van der Waals surface area contributed by atoms with Crippen LogP contribution in [0.3, 0.4) is 0 Å². The van der Waals surface area contributed by atoms with Gasteiger partial charge in [-0.25, -0.2) is 28.8 Å². The second-order valence-corrected chi connectivity index (χ2v) is 27.4. The molecule has 1 aromatic carbocycles. The summed E-state index contributed by atoms with van der Waals surface area (Å²) in [6, 6.07) is 8.94. The Morgan fingerprint density at radius 2 is 1.75 bits per heavy atom. The third kappa shape index (κ3) is 11.4. The van der Waals surface area contributed by atoms with Crippen molar-refractivity contribution in [3.8, 4) is 22.5 Å². The summed E-state index contributed by atoms with van der Waals surface area (Å²) < 4.78 is 46.3. The van der Waals surface area contributed by atoms with Crippen LogP contribution < -0.4 is 15.6 Å². The number of hydrogen-bond donors (Lipinski definition) is 2.